The Morgan fingerprint density at radius 3 is 2.37 bits per heavy atom. The second-order valence-electron chi connectivity index (χ2n) is 6.87. The molecule has 0 unspecified atom stereocenters. The summed E-state index contributed by atoms with van der Waals surface area (Å²) in [4.78, 5) is 37.5. The van der Waals surface area contributed by atoms with Crippen molar-refractivity contribution >= 4 is 40.9 Å². The van der Waals surface area contributed by atoms with Gasteiger partial charge in [0.2, 0.25) is 0 Å². The van der Waals surface area contributed by atoms with Gasteiger partial charge in [-0.1, -0.05) is 0 Å². The van der Waals surface area contributed by atoms with E-state index in [-0.39, 0.29) is 5.91 Å². The summed E-state index contributed by atoms with van der Waals surface area (Å²) in [7, 11) is 0. The Bertz CT molecular complexity index is 742. The normalized spacial score (nSPS) is 17.2. The number of rotatable bonds is 7. The molecule has 1 aromatic heterocycles. The molecule has 2 aliphatic rings. The highest BCUT2D eigenvalue weighted by molar-refractivity contribution is 8.01. The number of nitrogens with zero attached hydrogens (tertiary/aromatic N) is 2. The molecule has 166 valence electrons. The Morgan fingerprint density at radius 2 is 1.73 bits per heavy atom. The smallest absolute Gasteiger partial charge is 0.328 e. The van der Waals surface area contributed by atoms with Crippen molar-refractivity contribution in [3.63, 3.8) is 0 Å². The molecule has 3 heterocycles. The van der Waals surface area contributed by atoms with Crippen molar-refractivity contribution in [2.45, 2.75) is 24.0 Å². The minimum atomic E-state index is -1.26. The van der Waals surface area contributed by atoms with Gasteiger partial charge in [0.15, 0.2) is 0 Å². The fourth-order valence-electron chi connectivity index (χ4n) is 3.09. The van der Waals surface area contributed by atoms with Crippen molar-refractivity contribution in [1.82, 2.24) is 9.80 Å². The van der Waals surface area contributed by atoms with Crippen LogP contribution in [0, 0.1) is 6.92 Å². The van der Waals surface area contributed by atoms with Gasteiger partial charge in [0, 0.05) is 49.0 Å². The quantitative estimate of drug-likeness (QED) is 0.476. The van der Waals surface area contributed by atoms with Crippen LogP contribution in [0.2, 0.25) is 0 Å². The molecule has 30 heavy (non-hydrogen) atoms. The van der Waals surface area contributed by atoms with Crippen LogP contribution in [0.1, 0.15) is 28.1 Å². The van der Waals surface area contributed by atoms with Gasteiger partial charge in [-0.05, 0) is 32.4 Å². The Labute approximate surface area is 184 Å². The topological polar surface area (TPSA) is 107 Å². The summed E-state index contributed by atoms with van der Waals surface area (Å²) in [6.07, 6.45) is 3.36. The third-order valence-corrected chi connectivity index (χ3v) is 6.88. The van der Waals surface area contributed by atoms with Crippen LogP contribution in [0.5, 0.6) is 0 Å². The summed E-state index contributed by atoms with van der Waals surface area (Å²) in [5, 5.41) is 15.6. The Hall–Kier alpha value is -1.88. The zero-order chi connectivity index (χ0) is 21.9. The lowest BCUT2D eigenvalue weighted by Crippen LogP contribution is -2.37. The lowest BCUT2D eigenvalue weighted by Gasteiger charge is -2.27. The van der Waals surface area contributed by atoms with Gasteiger partial charge in [-0.25, -0.2) is 9.59 Å². The van der Waals surface area contributed by atoms with Gasteiger partial charge in [0.05, 0.1) is 23.0 Å². The molecular weight excluding hydrogens is 428 g/mol. The lowest BCUT2D eigenvalue weighted by molar-refractivity contribution is -0.134. The molecule has 1 fully saturated rings. The molecule has 1 amide bonds. The van der Waals surface area contributed by atoms with Gasteiger partial charge in [-0.15, -0.1) is 23.1 Å². The number of carboxylic acids is 2. The van der Waals surface area contributed by atoms with E-state index in [2.05, 4.69) is 17.9 Å². The number of thiophene rings is 1. The van der Waals surface area contributed by atoms with E-state index in [0.29, 0.717) is 12.2 Å². The number of aliphatic carboxylic acids is 2. The molecule has 10 heteroatoms. The van der Waals surface area contributed by atoms with E-state index in [0.717, 1.165) is 70.1 Å². The molecule has 8 nitrogen and oxygen atoms in total. The van der Waals surface area contributed by atoms with Gasteiger partial charge in [-0.3, -0.25) is 9.69 Å². The summed E-state index contributed by atoms with van der Waals surface area (Å²) in [5.41, 5.74) is 0.929. The van der Waals surface area contributed by atoms with Crippen molar-refractivity contribution in [2.75, 3.05) is 51.7 Å². The predicted molar refractivity (Wildman–Crippen MR) is 117 cm³/mol. The van der Waals surface area contributed by atoms with Gasteiger partial charge in [0.1, 0.15) is 0 Å². The second-order valence-corrected chi connectivity index (χ2v) is 9.49. The fraction of sp³-hybridized carbons (Fsp3) is 0.550. The Balaban J connectivity index is 0.000000343. The molecule has 2 N–H and O–H groups in total. The third-order valence-electron chi connectivity index (χ3n) is 4.56. The number of thioether (sulfide) groups is 1. The zero-order valence-corrected chi connectivity index (χ0v) is 18.7. The SMILES string of the molecule is Cc1cc2c(s1)SCCN(CCCCN1CCOCC1)C2=O.O=C(O)/C=C\C(=O)O. The van der Waals surface area contributed by atoms with Crippen LogP contribution in [0.15, 0.2) is 22.4 Å². The first-order chi connectivity index (χ1) is 14.4. The number of morpholine rings is 1. The maximum absolute atomic E-state index is 12.6. The number of carbonyl (C=O) groups excluding carboxylic acids is 1. The van der Waals surface area contributed by atoms with E-state index in [1.54, 1.807) is 11.3 Å². The van der Waals surface area contributed by atoms with E-state index in [1.807, 2.05) is 16.7 Å². The molecule has 1 saturated heterocycles. The maximum atomic E-state index is 12.6. The van der Waals surface area contributed by atoms with Gasteiger partial charge in [0.25, 0.3) is 5.91 Å². The van der Waals surface area contributed by atoms with E-state index in [4.69, 9.17) is 14.9 Å². The average Bonchev–Trinajstić information content (AvgIpc) is 3.03. The first-order valence-electron chi connectivity index (χ1n) is 9.83. The Morgan fingerprint density at radius 1 is 1.10 bits per heavy atom. The summed E-state index contributed by atoms with van der Waals surface area (Å²) >= 11 is 3.59. The largest absolute Gasteiger partial charge is 0.478 e. The Kier molecular flexibility index (Phi) is 10.4. The molecule has 0 radical (unpaired) electrons. The predicted octanol–water partition coefficient (Wildman–Crippen LogP) is 2.43. The third kappa shape index (κ3) is 8.47. The van der Waals surface area contributed by atoms with Crippen molar-refractivity contribution in [3.8, 4) is 0 Å². The lowest BCUT2D eigenvalue weighted by atomic mass is 10.2. The summed E-state index contributed by atoms with van der Waals surface area (Å²) < 4.78 is 6.58. The van der Waals surface area contributed by atoms with Crippen molar-refractivity contribution in [3.05, 3.63) is 28.7 Å². The highest BCUT2D eigenvalue weighted by atomic mass is 32.2. The van der Waals surface area contributed by atoms with Crippen LogP contribution in [0.3, 0.4) is 0 Å². The summed E-state index contributed by atoms with van der Waals surface area (Å²) in [6, 6.07) is 2.06. The number of hydrogen-bond acceptors (Lipinski definition) is 7. The number of carboxylic acid groups (broad SMARTS) is 2. The summed E-state index contributed by atoms with van der Waals surface area (Å²) in [5.74, 6) is -1.27. The molecule has 0 saturated carbocycles. The van der Waals surface area contributed by atoms with E-state index in [9.17, 15) is 14.4 Å². The number of carbonyl (C=O) groups is 3. The molecule has 0 atom stereocenters. The fourth-order valence-corrected chi connectivity index (χ4v) is 5.49. The van der Waals surface area contributed by atoms with E-state index < -0.39 is 11.9 Å². The van der Waals surface area contributed by atoms with Crippen LogP contribution in [-0.2, 0) is 14.3 Å². The van der Waals surface area contributed by atoms with Gasteiger partial charge in [-0.2, -0.15) is 0 Å². The van der Waals surface area contributed by atoms with Gasteiger partial charge >= 0.3 is 11.9 Å². The van der Waals surface area contributed by atoms with E-state index in [1.165, 1.54) is 9.09 Å². The molecule has 1 aromatic rings. The second kappa shape index (κ2) is 12.7. The highest BCUT2D eigenvalue weighted by Gasteiger charge is 2.24. The minimum Gasteiger partial charge on any atom is -0.478 e. The van der Waals surface area contributed by atoms with Gasteiger partial charge < -0.3 is 19.8 Å². The number of aryl methyl sites for hydroxylation is 1. The highest BCUT2D eigenvalue weighted by Crippen LogP contribution is 2.34. The zero-order valence-electron chi connectivity index (χ0n) is 17.0. The molecular formula is C20H28N2O6S2. The maximum Gasteiger partial charge on any atom is 0.328 e. The number of ether oxygens (including phenoxy) is 1. The number of unbranched alkanes of at least 4 members (excludes halogenated alkanes) is 1. The van der Waals surface area contributed by atoms with E-state index >= 15 is 0 Å². The van der Waals surface area contributed by atoms with Crippen LogP contribution < -0.4 is 0 Å². The van der Waals surface area contributed by atoms with Crippen molar-refractivity contribution < 1.29 is 29.3 Å². The molecule has 2 aliphatic heterocycles. The minimum absolute atomic E-state index is 0.232. The summed E-state index contributed by atoms with van der Waals surface area (Å²) in [6.45, 7) is 8.81. The molecule has 0 aromatic carbocycles. The van der Waals surface area contributed by atoms with Crippen LogP contribution in [0.4, 0.5) is 0 Å². The number of amides is 1. The van der Waals surface area contributed by atoms with Crippen molar-refractivity contribution in [2.24, 2.45) is 0 Å². The monoisotopic (exact) mass is 456 g/mol. The first-order valence-corrected chi connectivity index (χ1v) is 11.6. The number of fused-ring (bicyclic) bond motifs is 1. The molecule has 3 rings (SSSR count). The first kappa shape index (κ1) is 24.4. The van der Waals surface area contributed by atoms with Crippen LogP contribution in [0.25, 0.3) is 0 Å². The average molecular weight is 457 g/mol. The number of hydrogen-bond donors (Lipinski definition) is 2. The molecule has 0 spiro atoms. The van der Waals surface area contributed by atoms with Crippen LogP contribution in [-0.4, -0.2) is 89.5 Å². The molecule has 0 aliphatic carbocycles. The van der Waals surface area contributed by atoms with Crippen LogP contribution >= 0.6 is 23.1 Å². The standard InChI is InChI=1S/C16H24N2O2S2.C4H4O4/c1-13-12-14-15(19)18(8-11-21-16(14)22-13)5-3-2-4-17-6-9-20-10-7-17;5-3(6)1-2-4(7)8/h12H,2-11H2,1H3;1-2H,(H,5,6)(H,7,8)/b;2-1-. The molecule has 0 bridgehead atoms. The van der Waals surface area contributed by atoms with Crippen molar-refractivity contribution in [1.29, 1.82) is 0 Å².